The molecule has 1 aliphatic rings. The molecular formula is C13H26N2O. The minimum atomic E-state index is -0.322. The lowest BCUT2D eigenvalue weighted by Crippen LogP contribution is -2.57. The third-order valence-electron chi connectivity index (χ3n) is 4.08. The van der Waals surface area contributed by atoms with Gasteiger partial charge in [0.2, 0.25) is 5.91 Å². The number of nitrogens with one attached hydrogen (secondary N) is 1. The monoisotopic (exact) mass is 226 g/mol. The summed E-state index contributed by atoms with van der Waals surface area (Å²) in [4.78, 5) is 12.3. The van der Waals surface area contributed by atoms with Crippen LogP contribution in [0.15, 0.2) is 0 Å². The lowest BCUT2D eigenvalue weighted by Gasteiger charge is -2.38. The van der Waals surface area contributed by atoms with Gasteiger partial charge in [-0.2, -0.15) is 0 Å². The van der Waals surface area contributed by atoms with Gasteiger partial charge in [-0.25, -0.2) is 0 Å². The zero-order chi connectivity index (χ0) is 12.4. The maximum absolute atomic E-state index is 12.3. The summed E-state index contributed by atoms with van der Waals surface area (Å²) in [6.07, 6.45) is 5.62. The third-order valence-corrected chi connectivity index (χ3v) is 4.08. The largest absolute Gasteiger partial charge is 0.349 e. The van der Waals surface area contributed by atoms with E-state index in [4.69, 9.17) is 5.73 Å². The number of carbonyl (C=O) groups excluding carboxylic acids is 1. The first-order valence-corrected chi connectivity index (χ1v) is 6.36. The van der Waals surface area contributed by atoms with Gasteiger partial charge in [0.25, 0.3) is 0 Å². The van der Waals surface area contributed by atoms with Crippen LogP contribution in [-0.2, 0) is 4.79 Å². The molecule has 3 N–H and O–H groups in total. The Labute approximate surface area is 99.2 Å². The molecule has 3 nitrogen and oxygen atoms in total. The molecule has 0 heterocycles. The predicted octanol–water partition coefficient (Wildman–Crippen LogP) is 2.20. The van der Waals surface area contributed by atoms with Crippen LogP contribution in [0.4, 0.5) is 0 Å². The molecule has 3 heteroatoms. The Balaban J connectivity index is 2.64. The Morgan fingerprint density at radius 1 is 1.31 bits per heavy atom. The van der Waals surface area contributed by atoms with E-state index in [0.29, 0.717) is 0 Å². The molecule has 1 amide bonds. The molecule has 1 unspecified atom stereocenters. The molecule has 0 aromatic rings. The van der Waals surface area contributed by atoms with Crippen molar-refractivity contribution < 1.29 is 4.79 Å². The minimum Gasteiger partial charge on any atom is -0.349 e. The predicted molar refractivity (Wildman–Crippen MR) is 67.1 cm³/mol. The summed E-state index contributed by atoms with van der Waals surface area (Å²) in [6.45, 7) is 7.99. The van der Waals surface area contributed by atoms with Crippen molar-refractivity contribution in [3.05, 3.63) is 0 Å². The molecule has 0 aromatic heterocycles. The molecule has 16 heavy (non-hydrogen) atoms. The standard InChI is InChI=1S/C13H26N2O/c1-10(14)12(2,3)15-11(16)13(4)8-6-5-7-9-13/h10H,5-9,14H2,1-4H3,(H,15,16). The van der Waals surface area contributed by atoms with Crippen molar-refractivity contribution in [3.63, 3.8) is 0 Å². The summed E-state index contributed by atoms with van der Waals surface area (Å²) >= 11 is 0. The van der Waals surface area contributed by atoms with E-state index >= 15 is 0 Å². The molecule has 1 saturated carbocycles. The van der Waals surface area contributed by atoms with E-state index in [2.05, 4.69) is 12.2 Å². The SMILES string of the molecule is CC(N)C(C)(C)NC(=O)C1(C)CCCCC1. The zero-order valence-electron chi connectivity index (χ0n) is 11.1. The Hall–Kier alpha value is -0.570. The topological polar surface area (TPSA) is 55.1 Å². The van der Waals surface area contributed by atoms with Crippen molar-refractivity contribution >= 4 is 5.91 Å². The fourth-order valence-electron chi connectivity index (χ4n) is 2.12. The van der Waals surface area contributed by atoms with Gasteiger partial charge in [-0.3, -0.25) is 4.79 Å². The fourth-order valence-corrected chi connectivity index (χ4v) is 2.12. The van der Waals surface area contributed by atoms with Gasteiger partial charge in [0, 0.05) is 17.0 Å². The van der Waals surface area contributed by atoms with Crippen molar-refractivity contribution in [3.8, 4) is 0 Å². The highest BCUT2D eigenvalue weighted by Crippen LogP contribution is 2.36. The third kappa shape index (κ3) is 2.97. The van der Waals surface area contributed by atoms with Crippen LogP contribution in [0.3, 0.4) is 0 Å². The number of hydrogen-bond donors (Lipinski definition) is 2. The van der Waals surface area contributed by atoms with Crippen molar-refractivity contribution in [1.29, 1.82) is 0 Å². The van der Waals surface area contributed by atoms with Crippen LogP contribution in [0.1, 0.15) is 59.8 Å². The quantitative estimate of drug-likeness (QED) is 0.775. The van der Waals surface area contributed by atoms with Crippen LogP contribution < -0.4 is 11.1 Å². The van der Waals surface area contributed by atoms with Gasteiger partial charge in [-0.1, -0.05) is 26.2 Å². The second kappa shape index (κ2) is 4.74. The van der Waals surface area contributed by atoms with Crippen molar-refractivity contribution in [1.82, 2.24) is 5.32 Å². The van der Waals surface area contributed by atoms with E-state index in [1.54, 1.807) is 0 Å². The average Bonchev–Trinajstić information content (AvgIpc) is 2.18. The van der Waals surface area contributed by atoms with Crippen molar-refractivity contribution in [2.24, 2.45) is 11.1 Å². The molecule has 0 aromatic carbocycles. The highest BCUT2D eigenvalue weighted by atomic mass is 16.2. The zero-order valence-corrected chi connectivity index (χ0v) is 11.1. The highest BCUT2D eigenvalue weighted by Gasteiger charge is 2.37. The molecule has 1 atom stereocenters. The van der Waals surface area contributed by atoms with E-state index in [9.17, 15) is 4.79 Å². The van der Waals surface area contributed by atoms with Gasteiger partial charge < -0.3 is 11.1 Å². The number of carbonyl (C=O) groups is 1. The Morgan fingerprint density at radius 2 is 1.81 bits per heavy atom. The van der Waals surface area contributed by atoms with E-state index in [0.717, 1.165) is 12.8 Å². The van der Waals surface area contributed by atoms with E-state index in [1.807, 2.05) is 20.8 Å². The summed E-state index contributed by atoms with van der Waals surface area (Å²) in [5.74, 6) is 0.175. The maximum atomic E-state index is 12.3. The summed E-state index contributed by atoms with van der Waals surface area (Å²) < 4.78 is 0. The van der Waals surface area contributed by atoms with Crippen LogP contribution in [0, 0.1) is 5.41 Å². The highest BCUT2D eigenvalue weighted by molar-refractivity contribution is 5.83. The minimum absolute atomic E-state index is 0.0383. The number of hydrogen-bond acceptors (Lipinski definition) is 2. The summed E-state index contributed by atoms with van der Waals surface area (Å²) in [6, 6.07) is -0.0383. The van der Waals surface area contributed by atoms with E-state index in [-0.39, 0.29) is 22.9 Å². The molecular weight excluding hydrogens is 200 g/mol. The van der Waals surface area contributed by atoms with Crippen molar-refractivity contribution in [2.75, 3.05) is 0 Å². The second-order valence-corrected chi connectivity index (χ2v) is 6.09. The average molecular weight is 226 g/mol. The lowest BCUT2D eigenvalue weighted by molar-refractivity contribution is -0.133. The number of nitrogens with two attached hydrogens (primary N) is 1. The van der Waals surface area contributed by atoms with Gasteiger partial charge in [0.05, 0.1) is 0 Å². The molecule has 0 radical (unpaired) electrons. The van der Waals surface area contributed by atoms with Crippen LogP contribution in [0.2, 0.25) is 0 Å². The molecule has 1 fully saturated rings. The normalized spacial score (nSPS) is 22.6. The Bertz CT molecular complexity index is 253. The van der Waals surface area contributed by atoms with Crippen LogP contribution >= 0.6 is 0 Å². The van der Waals surface area contributed by atoms with E-state index in [1.165, 1.54) is 19.3 Å². The second-order valence-electron chi connectivity index (χ2n) is 6.09. The molecule has 1 rings (SSSR count). The van der Waals surface area contributed by atoms with Gasteiger partial charge in [0.1, 0.15) is 0 Å². The Morgan fingerprint density at radius 3 is 2.25 bits per heavy atom. The first-order valence-electron chi connectivity index (χ1n) is 6.36. The van der Waals surface area contributed by atoms with Crippen LogP contribution in [-0.4, -0.2) is 17.5 Å². The first kappa shape index (κ1) is 13.5. The molecule has 0 saturated heterocycles. The summed E-state index contributed by atoms with van der Waals surface area (Å²) in [5.41, 5.74) is 5.38. The van der Waals surface area contributed by atoms with Gasteiger partial charge in [-0.15, -0.1) is 0 Å². The molecule has 94 valence electrons. The summed E-state index contributed by atoms with van der Waals surface area (Å²) in [7, 11) is 0. The smallest absolute Gasteiger partial charge is 0.226 e. The van der Waals surface area contributed by atoms with Gasteiger partial charge in [-0.05, 0) is 33.6 Å². The van der Waals surface area contributed by atoms with Gasteiger partial charge >= 0.3 is 0 Å². The van der Waals surface area contributed by atoms with Gasteiger partial charge in [0.15, 0.2) is 0 Å². The molecule has 1 aliphatic carbocycles. The Kier molecular flexibility index (Phi) is 4.00. The maximum Gasteiger partial charge on any atom is 0.226 e. The number of rotatable bonds is 3. The van der Waals surface area contributed by atoms with E-state index < -0.39 is 0 Å². The van der Waals surface area contributed by atoms with Crippen molar-refractivity contribution in [2.45, 2.75) is 71.4 Å². The first-order chi connectivity index (χ1) is 7.28. The van der Waals surface area contributed by atoms with Crippen LogP contribution in [0.5, 0.6) is 0 Å². The number of amides is 1. The molecule has 0 aliphatic heterocycles. The fraction of sp³-hybridized carbons (Fsp3) is 0.923. The molecule has 0 bridgehead atoms. The summed E-state index contributed by atoms with van der Waals surface area (Å²) in [5, 5.41) is 3.10. The lowest BCUT2D eigenvalue weighted by atomic mass is 9.74. The molecule has 0 spiro atoms. The van der Waals surface area contributed by atoms with Crippen LogP contribution in [0.25, 0.3) is 0 Å².